The van der Waals surface area contributed by atoms with Gasteiger partial charge in [0.2, 0.25) is 0 Å². The Morgan fingerprint density at radius 1 is 0.950 bits per heavy atom. The molecule has 2 rings (SSSR count). The first kappa shape index (κ1) is 14.6. The van der Waals surface area contributed by atoms with Gasteiger partial charge in [0, 0.05) is 0 Å². The molecule has 0 unspecified atom stereocenters. The SMILES string of the molecule is Cc1ccccc1S(=O)(=O)Nc1ccccc1C(C)C. The van der Waals surface area contributed by atoms with Crippen LogP contribution in [0.1, 0.15) is 30.9 Å². The molecule has 0 fully saturated rings. The summed E-state index contributed by atoms with van der Waals surface area (Å²) in [4.78, 5) is 0.318. The summed E-state index contributed by atoms with van der Waals surface area (Å²) in [6.07, 6.45) is 0. The first-order valence-electron chi connectivity index (χ1n) is 6.59. The second-order valence-corrected chi connectivity index (χ2v) is 6.76. The highest BCUT2D eigenvalue weighted by Gasteiger charge is 2.18. The zero-order valence-electron chi connectivity index (χ0n) is 11.9. The number of para-hydroxylation sites is 1. The standard InChI is InChI=1S/C16H19NO2S/c1-12(2)14-9-5-6-10-15(14)17-20(18,19)16-11-7-4-8-13(16)3/h4-12,17H,1-3H3. The topological polar surface area (TPSA) is 46.2 Å². The summed E-state index contributed by atoms with van der Waals surface area (Å²) in [7, 11) is -3.55. The molecule has 1 N–H and O–H groups in total. The van der Waals surface area contributed by atoms with Crippen molar-refractivity contribution in [2.75, 3.05) is 4.72 Å². The van der Waals surface area contributed by atoms with Gasteiger partial charge in [-0.2, -0.15) is 0 Å². The van der Waals surface area contributed by atoms with E-state index in [1.807, 2.05) is 38.1 Å². The Morgan fingerprint density at radius 2 is 1.55 bits per heavy atom. The molecule has 0 heterocycles. The quantitative estimate of drug-likeness (QED) is 0.927. The number of sulfonamides is 1. The van der Waals surface area contributed by atoms with Gasteiger partial charge in [-0.1, -0.05) is 50.2 Å². The van der Waals surface area contributed by atoms with E-state index in [4.69, 9.17) is 0 Å². The van der Waals surface area contributed by atoms with E-state index in [2.05, 4.69) is 4.72 Å². The summed E-state index contributed by atoms with van der Waals surface area (Å²) in [6, 6.07) is 14.5. The number of nitrogens with one attached hydrogen (secondary N) is 1. The summed E-state index contributed by atoms with van der Waals surface area (Å²) in [5.74, 6) is 0.255. The second-order valence-electron chi connectivity index (χ2n) is 5.11. The molecule has 0 bridgehead atoms. The van der Waals surface area contributed by atoms with Gasteiger partial charge in [-0.15, -0.1) is 0 Å². The van der Waals surface area contributed by atoms with Crippen molar-refractivity contribution in [2.24, 2.45) is 0 Å². The summed E-state index contributed by atoms with van der Waals surface area (Å²) >= 11 is 0. The highest BCUT2D eigenvalue weighted by molar-refractivity contribution is 7.92. The van der Waals surface area contributed by atoms with Gasteiger partial charge in [-0.05, 0) is 36.1 Å². The summed E-state index contributed by atoms with van der Waals surface area (Å²) < 4.78 is 27.7. The van der Waals surface area contributed by atoms with Crippen LogP contribution in [0.4, 0.5) is 5.69 Å². The second kappa shape index (κ2) is 5.67. The van der Waals surface area contributed by atoms with Crippen molar-refractivity contribution < 1.29 is 8.42 Å². The Labute approximate surface area is 120 Å². The predicted octanol–water partition coefficient (Wildman–Crippen LogP) is 3.92. The largest absolute Gasteiger partial charge is 0.279 e. The lowest BCUT2D eigenvalue weighted by Crippen LogP contribution is -2.15. The van der Waals surface area contributed by atoms with E-state index in [1.54, 1.807) is 31.2 Å². The Balaban J connectivity index is 2.42. The minimum absolute atomic E-state index is 0.255. The molecular weight excluding hydrogens is 270 g/mol. The third kappa shape index (κ3) is 3.02. The van der Waals surface area contributed by atoms with E-state index < -0.39 is 10.0 Å². The molecule has 3 nitrogen and oxygen atoms in total. The fourth-order valence-corrected chi connectivity index (χ4v) is 3.49. The monoisotopic (exact) mass is 289 g/mol. The Morgan fingerprint density at radius 3 is 2.20 bits per heavy atom. The first-order chi connectivity index (χ1) is 9.42. The van der Waals surface area contributed by atoms with Crippen molar-refractivity contribution in [3.63, 3.8) is 0 Å². The van der Waals surface area contributed by atoms with E-state index in [-0.39, 0.29) is 5.92 Å². The van der Waals surface area contributed by atoms with E-state index >= 15 is 0 Å². The highest BCUT2D eigenvalue weighted by atomic mass is 32.2. The zero-order valence-corrected chi connectivity index (χ0v) is 12.7. The van der Waals surface area contributed by atoms with Gasteiger partial charge >= 0.3 is 0 Å². The van der Waals surface area contributed by atoms with Crippen LogP contribution in [0.25, 0.3) is 0 Å². The molecule has 0 aromatic heterocycles. The lowest BCUT2D eigenvalue weighted by atomic mass is 10.0. The lowest BCUT2D eigenvalue weighted by molar-refractivity contribution is 0.600. The molecule has 4 heteroatoms. The van der Waals surface area contributed by atoms with Crippen molar-refractivity contribution in [2.45, 2.75) is 31.6 Å². The van der Waals surface area contributed by atoms with Gasteiger partial charge in [0.05, 0.1) is 10.6 Å². The summed E-state index contributed by atoms with van der Waals surface area (Å²) in [5, 5.41) is 0. The minimum Gasteiger partial charge on any atom is -0.279 e. The molecule has 0 radical (unpaired) electrons. The van der Waals surface area contributed by atoms with Gasteiger partial charge in [0.25, 0.3) is 10.0 Å². The molecule has 0 saturated carbocycles. The molecule has 0 aliphatic rings. The fraction of sp³-hybridized carbons (Fsp3) is 0.250. The molecular formula is C16H19NO2S. The molecule has 20 heavy (non-hydrogen) atoms. The molecule has 0 atom stereocenters. The van der Waals surface area contributed by atoms with Crippen LogP contribution in [0, 0.1) is 6.92 Å². The van der Waals surface area contributed by atoms with Crippen molar-refractivity contribution in [1.82, 2.24) is 0 Å². The van der Waals surface area contributed by atoms with Crippen LogP contribution in [0.5, 0.6) is 0 Å². The van der Waals surface area contributed by atoms with Gasteiger partial charge in [-0.3, -0.25) is 4.72 Å². The van der Waals surface area contributed by atoms with Crippen LogP contribution in [-0.2, 0) is 10.0 Å². The van der Waals surface area contributed by atoms with Gasteiger partial charge < -0.3 is 0 Å². The first-order valence-corrected chi connectivity index (χ1v) is 8.07. The maximum atomic E-state index is 12.5. The molecule has 0 aliphatic carbocycles. The third-order valence-electron chi connectivity index (χ3n) is 3.21. The molecule has 2 aromatic rings. The van der Waals surface area contributed by atoms with Crippen molar-refractivity contribution in [1.29, 1.82) is 0 Å². The van der Waals surface area contributed by atoms with Crippen molar-refractivity contribution >= 4 is 15.7 Å². The fourth-order valence-electron chi connectivity index (χ4n) is 2.15. The molecule has 0 amide bonds. The van der Waals surface area contributed by atoms with Crippen LogP contribution in [-0.4, -0.2) is 8.42 Å². The minimum atomic E-state index is -3.55. The normalized spacial score (nSPS) is 11.6. The number of benzene rings is 2. The van der Waals surface area contributed by atoms with Crippen molar-refractivity contribution in [3.05, 3.63) is 59.7 Å². The molecule has 106 valence electrons. The maximum Gasteiger partial charge on any atom is 0.262 e. The Kier molecular flexibility index (Phi) is 4.14. The van der Waals surface area contributed by atoms with Crippen LogP contribution in [0.15, 0.2) is 53.4 Å². The highest BCUT2D eigenvalue weighted by Crippen LogP contribution is 2.26. The molecule has 0 saturated heterocycles. The smallest absolute Gasteiger partial charge is 0.262 e. The van der Waals surface area contributed by atoms with E-state index in [1.165, 1.54) is 0 Å². The van der Waals surface area contributed by atoms with E-state index in [9.17, 15) is 8.42 Å². The summed E-state index contributed by atoms with van der Waals surface area (Å²) in [6.45, 7) is 5.88. The lowest BCUT2D eigenvalue weighted by Gasteiger charge is -2.15. The number of anilines is 1. The molecule has 2 aromatic carbocycles. The predicted molar refractivity (Wildman–Crippen MR) is 82.5 cm³/mol. The third-order valence-corrected chi connectivity index (χ3v) is 4.74. The van der Waals surface area contributed by atoms with Crippen LogP contribution < -0.4 is 4.72 Å². The number of hydrogen-bond donors (Lipinski definition) is 1. The van der Waals surface area contributed by atoms with Gasteiger partial charge in [0.1, 0.15) is 0 Å². The zero-order chi connectivity index (χ0) is 14.8. The van der Waals surface area contributed by atoms with Gasteiger partial charge in [0.15, 0.2) is 0 Å². The van der Waals surface area contributed by atoms with Gasteiger partial charge in [-0.25, -0.2) is 8.42 Å². The van der Waals surface area contributed by atoms with E-state index in [0.717, 1.165) is 11.1 Å². The number of hydrogen-bond acceptors (Lipinski definition) is 2. The van der Waals surface area contributed by atoms with E-state index in [0.29, 0.717) is 10.6 Å². The Bertz CT molecular complexity index is 706. The van der Waals surface area contributed by atoms with Crippen LogP contribution in [0.2, 0.25) is 0 Å². The maximum absolute atomic E-state index is 12.5. The molecule has 0 spiro atoms. The van der Waals surface area contributed by atoms with Crippen LogP contribution >= 0.6 is 0 Å². The average molecular weight is 289 g/mol. The average Bonchev–Trinajstić information content (AvgIpc) is 2.39. The number of aryl methyl sites for hydroxylation is 1. The Hall–Kier alpha value is -1.81. The molecule has 0 aliphatic heterocycles. The summed E-state index contributed by atoms with van der Waals surface area (Å²) in [5.41, 5.74) is 2.37. The van der Waals surface area contributed by atoms with Crippen molar-refractivity contribution in [3.8, 4) is 0 Å². The van der Waals surface area contributed by atoms with Crippen LogP contribution in [0.3, 0.4) is 0 Å². The number of rotatable bonds is 4.